The van der Waals surface area contributed by atoms with Crippen LogP contribution in [0.2, 0.25) is 0 Å². The zero-order chi connectivity index (χ0) is 22.2. The Labute approximate surface area is 182 Å². The smallest absolute Gasteiger partial charge is 0.261 e. The molecule has 31 heavy (non-hydrogen) atoms. The molecule has 0 atom stereocenters. The van der Waals surface area contributed by atoms with Crippen LogP contribution in [0.25, 0.3) is 0 Å². The molecule has 168 valence electrons. The van der Waals surface area contributed by atoms with E-state index in [9.17, 15) is 9.59 Å². The molecule has 2 aromatic rings. The summed E-state index contributed by atoms with van der Waals surface area (Å²) < 4.78 is 11.9. The average molecular weight is 430 g/mol. The number of carbonyl (C=O) groups is 2. The molecule has 2 amide bonds. The van der Waals surface area contributed by atoms with Gasteiger partial charge >= 0.3 is 0 Å². The second kappa shape index (κ2) is 10.8. The van der Waals surface area contributed by atoms with Crippen molar-refractivity contribution < 1.29 is 19.1 Å². The van der Waals surface area contributed by atoms with E-state index in [1.54, 1.807) is 25.0 Å². The topological polar surface area (TPSA) is 88.9 Å². The first-order valence-electron chi connectivity index (χ1n) is 10.5. The minimum absolute atomic E-state index is 0.0494. The molecule has 9 heteroatoms. The number of methoxy groups -OCH3 is 2. The predicted octanol–water partition coefficient (Wildman–Crippen LogP) is 0.944. The third-order valence-electron chi connectivity index (χ3n) is 5.43. The maximum Gasteiger partial charge on any atom is 0.261 e. The van der Waals surface area contributed by atoms with Crippen LogP contribution in [0.5, 0.6) is 11.6 Å². The van der Waals surface area contributed by atoms with Crippen LogP contribution >= 0.6 is 0 Å². The van der Waals surface area contributed by atoms with Crippen LogP contribution in [0.1, 0.15) is 22.3 Å². The normalized spacial score (nSPS) is 14.4. The van der Waals surface area contributed by atoms with Gasteiger partial charge in [-0.1, -0.05) is 12.1 Å². The van der Waals surface area contributed by atoms with Gasteiger partial charge in [0.25, 0.3) is 5.91 Å². The summed E-state index contributed by atoms with van der Waals surface area (Å²) in [6, 6.07) is 7.77. The number of nitrogens with zero attached hydrogens (tertiary/aromatic N) is 4. The lowest BCUT2D eigenvalue weighted by Gasteiger charge is -2.34. The molecule has 3 rings (SSSR count). The summed E-state index contributed by atoms with van der Waals surface area (Å²) in [6.45, 7) is 4.20. The van der Waals surface area contributed by atoms with Gasteiger partial charge in [-0.05, 0) is 24.1 Å². The Kier molecular flexibility index (Phi) is 7.88. The van der Waals surface area contributed by atoms with Crippen molar-refractivity contribution in [3.63, 3.8) is 0 Å². The number of nitrogens with one attached hydrogen (secondary N) is 1. The minimum Gasteiger partial charge on any atom is -0.497 e. The van der Waals surface area contributed by atoms with Gasteiger partial charge in [0, 0.05) is 58.9 Å². The Bertz CT molecular complexity index is 873. The van der Waals surface area contributed by atoms with Crippen LogP contribution in [-0.2, 0) is 18.3 Å². The van der Waals surface area contributed by atoms with E-state index in [4.69, 9.17) is 9.47 Å². The standard InChI is InChI=1S/C22H31N5O4/c1-25-16-19(21(24-25)31-3)22(29)27-14-12-26(13-15-27)11-10-23-20(28)9-6-17-4-7-18(30-2)8-5-17/h4-5,7-8,16H,6,9-15H2,1-3H3,(H,23,28). The van der Waals surface area contributed by atoms with Crippen LogP contribution < -0.4 is 14.8 Å². The fraction of sp³-hybridized carbons (Fsp3) is 0.500. The third kappa shape index (κ3) is 6.21. The van der Waals surface area contributed by atoms with E-state index in [0.29, 0.717) is 43.9 Å². The molecule has 0 saturated carbocycles. The molecule has 1 aliphatic heterocycles. The van der Waals surface area contributed by atoms with Gasteiger partial charge in [-0.2, -0.15) is 0 Å². The Morgan fingerprint density at radius 2 is 1.77 bits per heavy atom. The van der Waals surface area contributed by atoms with Crippen molar-refractivity contribution in [1.82, 2.24) is 24.9 Å². The second-order valence-electron chi connectivity index (χ2n) is 7.56. The van der Waals surface area contributed by atoms with E-state index in [1.807, 2.05) is 29.2 Å². The van der Waals surface area contributed by atoms with Crippen molar-refractivity contribution in [1.29, 1.82) is 0 Å². The number of piperazine rings is 1. The third-order valence-corrected chi connectivity index (χ3v) is 5.43. The van der Waals surface area contributed by atoms with E-state index in [-0.39, 0.29) is 11.8 Å². The molecule has 1 aromatic carbocycles. The quantitative estimate of drug-likeness (QED) is 0.638. The molecule has 1 saturated heterocycles. The van der Waals surface area contributed by atoms with Crippen LogP contribution in [0.15, 0.2) is 30.5 Å². The number of carbonyl (C=O) groups excluding carboxylic acids is 2. The fourth-order valence-corrected chi connectivity index (χ4v) is 3.60. The molecule has 1 fully saturated rings. The van der Waals surface area contributed by atoms with Gasteiger partial charge in [-0.15, -0.1) is 5.10 Å². The summed E-state index contributed by atoms with van der Waals surface area (Å²) >= 11 is 0. The lowest BCUT2D eigenvalue weighted by molar-refractivity contribution is -0.121. The van der Waals surface area contributed by atoms with Crippen molar-refractivity contribution in [2.75, 3.05) is 53.5 Å². The molecule has 0 unspecified atom stereocenters. The summed E-state index contributed by atoms with van der Waals surface area (Å²) in [7, 11) is 4.92. The van der Waals surface area contributed by atoms with Gasteiger partial charge in [-0.25, -0.2) is 0 Å². The highest BCUT2D eigenvalue weighted by Gasteiger charge is 2.26. The number of ether oxygens (including phenoxy) is 2. The van der Waals surface area contributed by atoms with Crippen molar-refractivity contribution in [3.8, 4) is 11.6 Å². The molecule has 0 bridgehead atoms. The van der Waals surface area contributed by atoms with Gasteiger partial charge in [-0.3, -0.25) is 19.2 Å². The summed E-state index contributed by atoms with van der Waals surface area (Å²) in [5.41, 5.74) is 1.60. The van der Waals surface area contributed by atoms with Gasteiger partial charge in [0.05, 0.1) is 14.2 Å². The van der Waals surface area contributed by atoms with Gasteiger partial charge in [0.1, 0.15) is 11.3 Å². The molecule has 0 spiro atoms. The monoisotopic (exact) mass is 429 g/mol. The first-order valence-corrected chi connectivity index (χ1v) is 10.5. The van der Waals surface area contributed by atoms with E-state index in [2.05, 4.69) is 15.3 Å². The highest BCUT2D eigenvalue weighted by Crippen LogP contribution is 2.18. The first-order chi connectivity index (χ1) is 15.0. The molecule has 0 radical (unpaired) electrons. The molecule has 2 heterocycles. The van der Waals surface area contributed by atoms with Crippen molar-refractivity contribution >= 4 is 11.8 Å². The number of benzene rings is 1. The SMILES string of the molecule is COc1ccc(CCC(=O)NCCN2CCN(C(=O)c3cn(C)nc3OC)CC2)cc1. The molecule has 1 aliphatic rings. The van der Waals surface area contributed by atoms with Gasteiger partial charge < -0.3 is 19.7 Å². The minimum atomic E-state index is -0.0589. The molecular formula is C22H31N5O4. The van der Waals surface area contributed by atoms with Gasteiger partial charge in [0.2, 0.25) is 11.8 Å². The summed E-state index contributed by atoms with van der Waals surface area (Å²) in [5.74, 6) is 1.16. The number of rotatable bonds is 9. The van der Waals surface area contributed by atoms with Crippen molar-refractivity contribution in [2.45, 2.75) is 12.8 Å². The van der Waals surface area contributed by atoms with Gasteiger partial charge in [0.15, 0.2) is 0 Å². The number of hydrogen-bond acceptors (Lipinski definition) is 6. The molecule has 0 aliphatic carbocycles. The molecule has 1 N–H and O–H groups in total. The number of aryl methyl sites for hydroxylation is 2. The Hall–Kier alpha value is -3.07. The Balaban J connectivity index is 1.34. The zero-order valence-electron chi connectivity index (χ0n) is 18.5. The van der Waals surface area contributed by atoms with E-state index in [1.165, 1.54) is 7.11 Å². The Morgan fingerprint density at radius 3 is 2.42 bits per heavy atom. The molecule has 9 nitrogen and oxygen atoms in total. The van der Waals surface area contributed by atoms with Crippen LogP contribution in [0, 0.1) is 0 Å². The number of hydrogen-bond donors (Lipinski definition) is 1. The summed E-state index contributed by atoms with van der Waals surface area (Å²) in [5, 5.41) is 7.14. The van der Waals surface area contributed by atoms with Crippen molar-refractivity contribution in [3.05, 3.63) is 41.6 Å². The first kappa shape index (κ1) is 22.6. The van der Waals surface area contributed by atoms with Crippen molar-refractivity contribution in [2.24, 2.45) is 7.05 Å². The largest absolute Gasteiger partial charge is 0.497 e. The van der Waals surface area contributed by atoms with E-state index in [0.717, 1.165) is 30.9 Å². The number of aromatic nitrogens is 2. The zero-order valence-corrected chi connectivity index (χ0v) is 18.5. The van der Waals surface area contributed by atoms with Crippen LogP contribution in [0.4, 0.5) is 0 Å². The summed E-state index contributed by atoms with van der Waals surface area (Å²) in [6.07, 6.45) is 2.85. The maximum atomic E-state index is 12.7. The molecular weight excluding hydrogens is 398 g/mol. The lowest BCUT2D eigenvalue weighted by Crippen LogP contribution is -2.50. The second-order valence-corrected chi connectivity index (χ2v) is 7.56. The highest BCUT2D eigenvalue weighted by atomic mass is 16.5. The summed E-state index contributed by atoms with van der Waals surface area (Å²) in [4.78, 5) is 28.9. The Morgan fingerprint density at radius 1 is 1.06 bits per heavy atom. The maximum absolute atomic E-state index is 12.7. The van der Waals surface area contributed by atoms with E-state index >= 15 is 0 Å². The molecule has 1 aromatic heterocycles. The van der Waals surface area contributed by atoms with E-state index < -0.39 is 0 Å². The lowest BCUT2D eigenvalue weighted by atomic mass is 10.1. The fourth-order valence-electron chi connectivity index (χ4n) is 3.60. The van der Waals surface area contributed by atoms with Crippen LogP contribution in [-0.4, -0.2) is 84.9 Å². The number of amides is 2. The average Bonchev–Trinajstić information content (AvgIpc) is 3.18. The predicted molar refractivity (Wildman–Crippen MR) is 116 cm³/mol. The highest BCUT2D eigenvalue weighted by molar-refractivity contribution is 5.96. The van der Waals surface area contributed by atoms with Crippen LogP contribution in [0.3, 0.4) is 0 Å².